The monoisotopic (exact) mass is 531 g/mol. The fourth-order valence-corrected chi connectivity index (χ4v) is 5.00. The van der Waals surface area contributed by atoms with Crippen LogP contribution in [0.25, 0.3) is 0 Å². The molecule has 1 aliphatic heterocycles. The zero-order chi connectivity index (χ0) is 26.6. The first-order valence-corrected chi connectivity index (χ1v) is 12.5. The number of ether oxygens (including phenoxy) is 1. The van der Waals surface area contributed by atoms with Crippen LogP contribution in [0.4, 0.5) is 24.0 Å². The number of hydrogen-bond acceptors (Lipinski definition) is 6. The van der Waals surface area contributed by atoms with E-state index < -0.39 is 11.7 Å². The molecule has 0 saturated carbocycles. The Morgan fingerprint density at radius 2 is 1.89 bits per heavy atom. The number of likely N-dealkylation sites (tertiary alicyclic amines) is 1. The Bertz CT molecular complexity index is 1020. The zero-order valence-electron chi connectivity index (χ0n) is 20.9. The lowest BCUT2D eigenvalue weighted by atomic mass is 9.88. The number of anilines is 1. The average Bonchev–Trinajstić information content (AvgIpc) is 3.29. The fourth-order valence-electron chi connectivity index (χ4n) is 4.75. The first kappa shape index (κ1) is 28.1. The third kappa shape index (κ3) is 6.64. The summed E-state index contributed by atoms with van der Waals surface area (Å²) in [7, 11) is 0. The van der Waals surface area contributed by atoms with Gasteiger partial charge in [-0.1, -0.05) is 25.4 Å². The Labute approximate surface area is 214 Å². The first-order valence-electron chi connectivity index (χ1n) is 12.1. The van der Waals surface area contributed by atoms with Crippen LogP contribution in [0.2, 0.25) is 5.02 Å². The van der Waals surface area contributed by atoms with Gasteiger partial charge in [0.05, 0.1) is 18.3 Å². The van der Waals surface area contributed by atoms with Crippen molar-refractivity contribution < 1.29 is 32.2 Å². The summed E-state index contributed by atoms with van der Waals surface area (Å²) in [5, 5.41) is 9.46. The number of aliphatic hydroxyl groups excluding tert-OH is 1. The molecule has 3 rings (SSSR count). The highest BCUT2D eigenvalue weighted by Crippen LogP contribution is 2.36. The van der Waals surface area contributed by atoms with Gasteiger partial charge in [0.2, 0.25) is 0 Å². The van der Waals surface area contributed by atoms with E-state index in [4.69, 9.17) is 20.8 Å². The number of carbonyl (C=O) groups excluding carboxylic acids is 1. The predicted molar refractivity (Wildman–Crippen MR) is 130 cm³/mol. The topological polar surface area (TPSA) is 79.0 Å². The van der Waals surface area contributed by atoms with Gasteiger partial charge in [0, 0.05) is 29.7 Å². The van der Waals surface area contributed by atoms with Gasteiger partial charge in [-0.25, -0.2) is 4.79 Å². The summed E-state index contributed by atoms with van der Waals surface area (Å²) < 4.78 is 51.4. The van der Waals surface area contributed by atoms with Crippen molar-refractivity contribution in [2.24, 2.45) is 0 Å². The quantitative estimate of drug-likeness (QED) is 0.424. The number of aliphatic hydroxyl groups is 1. The minimum absolute atomic E-state index is 0.0210. The number of alkyl halides is 3. The van der Waals surface area contributed by atoms with Gasteiger partial charge in [-0.3, -0.25) is 0 Å². The van der Waals surface area contributed by atoms with E-state index >= 15 is 0 Å². The number of benzene rings is 1. The molecule has 1 aromatic carbocycles. The number of oxazole rings is 1. The highest BCUT2D eigenvalue weighted by Gasteiger charge is 2.41. The molecule has 1 saturated heterocycles. The molecule has 1 amide bonds. The lowest BCUT2D eigenvalue weighted by Gasteiger charge is -2.47. The molecule has 0 radical (unpaired) electrons. The second kappa shape index (κ2) is 11.7. The van der Waals surface area contributed by atoms with Crippen LogP contribution < -0.4 is 4.90 Å². The summed E-state index contributed by atoms with van der Waals surface area (Å²) >= 11 is 6.04. The molecular formula is C25H33ClF3N3O4. The van der Waals surface area contributed by atoms with E-state index in [1.165, 1.54) is 12.3 Å². The Morgan fingerprint density at radius 1 is 1.25 bits per heavy atom. The summed E-state index contributed by atoms with van der Waals surface area (Å²) in [4.78, 5) is 20.8. The standard InChI is InChI=1S/C25H33ClF3N3O4/c1-5-20-10-22(11-21(6-2)32(20)24(34)36-15(3)4)31(23-30-19(13-33)14-35-23)12-16-7-17(25(27,28)29)9-18(26)8-16/h7-9,14-15,20-22,33H,5-6,10-13H2,1-4H3/t20-,21+,22+. The highest BCUT2D eigenvalue weighted by atomic mass is 35.5. The van der Waals surface area contributed by atoms with Crippen LogP contribution in [0.5, 0.6) is 0 Å². The Morgan fingerprint density at radius 3 is 2.39 bits per heavy atom. The largest absolute Gasteiger partial charge is 0.447 e. The maximum Gasteiger partial charge on any atom is 0.416 e. The molecule has 200 valence electrons. The number of carbonyl (C=O) groups is 1. The van der Waals surface area contributed by atoms with Gasteiger partial charge in [0.1, 0.15) is 12.0 Å². The number of piperidine rings is 1. The molecule has 7 nitrogen and oxygen atoms in total. The number of rotatable bonds is 8. The van der Waals surface area contributed by atoms with Gasteiger partial charge >= 0.3 is 12.3 Å². The van der Waals surface area contributed by atoms with Crippen molar-refractivity contribution in [3.05, 3.63) is 46.3 Å². The summed E-state index contributed by atoms with van der Waals surface area (Å²) in [5.41, 5.74) is -0.173. The summed E-state index contributed by atoms with van der Waals surface area (Å²) in [6.07, 6.45) is -1.39. The molecule has 1 aliphatic rings. The molecule has 3 atom stereocenters. The molecule has 0 bridgehead atoms. The average molecular weight is 532 g/mol. The van der Waals surface area contributed by atoms with E-state index in [-0.39, 0.29) is 54.5 Å². The molecule has 1 N–H and O–H groups in total. The molecule has 0 spiro atoms. The van der Waals surface area contributed by atoms with Crippen molar-refractivity contribution in [3.63, 3.8) is 0 Å². The van der Waals surface area contributed by atoms with E-state index in [0.717, 1.165) is 12.1 Å². The van der Waals surface area contributed by atoms with E-state index in [0.29, 0.717) is 36.9 Å². The van der Waals surface area contributed by atoms with Gasteiger partial charge in [0.15, 0.2) is 0 Å². The summed E-state index contributed by atoms with van der Waals surface area (Å²) in [6, 6.07) is 3.17. The second-order valence-electron chi connectivity index (χ2n) is 9.34. The molecule has 36 heavy (non-hydrogen) atoms. The molecule has 0 aliphatic carbocycles. The van der Waals surface area contributed by atoms with Gasteiger partial charge in [-0.05, 0) is 63.3 Å². The Hall–Kier alpha value is -2.46. The van der Waals surface area contributed by atoms with E-state index in [2.05, 4.69) is 4.98 Å². The second-order valence-corrected chi connectivity index (χ2v) is 9.78. The van der Waals surface area contributed by atoms with Crippen molar-refractivity contribution >= 4 is 23.7 Å². The molecule has 1 aromatic heterocycles. The summed E-state index contributed by atoms with van der Waals surface area (Å²) in [6.45, 7) is 7.30. The van der Waals surface area contributed by atoms with Crippen LogP contribution in [0, 0.1) is 0 Å². The van der Waals surface area contributed by atoms with E-state index in [9.17, 15) is 23.1 Å². The van der Waals surface area contributed by atoms with Gasteiger partial charge in [-0.2, -0.15) is 18.2 Å². The van der Waals surface area contributed by atoms with Gasteiger partial charge < -0.3 is 24.1 Å². The van der Waals surface area contributed by atoms with Crippen molar-refractivity contribution in [2.75, 3.05) is 4.90 Å². The minimum atomic E-state index is -4.54. The Balaban J connectivity index is 1.97. The van der Waals surface area contributed by atoms with Crippen molar-refractivity contribution in [1.82, 2.24) is 9.88 Å². The third-order valence-electron chi connectivity index (χ3n) is 6.39. The van der Waals surface area contributed by atoms with Gasteiger partial charge in [-0.15, -0.1) is 0 Å². The molecule has 2 heterocycles. The molecule has 0 unspecified atom stereocenters. The van der Waals surface area contributed by atoms with Crippen LogP contribution >= 0.6 is 11.6 Å². The molecule has 2 aromatic rings. The van der Waals surface area contributed by atoms with Crippen LogP contribution in [0.3, 0.4) is 0 Å². The predicted octanol–water partition coefficient (Wildman–Crippen LogP) is 6.41. The zero-order valence-corrected chi connectivity index (χ0v) is 21.6. The van der Waals surface area contributed by atoms with Crippen molar-refractivity contribution in [1.29, 1.82) is 0 Å². The van der Waals surface area contributed by atoms with Crippen molar-refractivity contribution in [3.8, 4) is 0 Å². The normalized spacial score (nSPS) is 20.6. The van der Waals surface area contributed by atoms with Crippen LogP contribution in [-0.2, 0) is 24.1 Å². The molecular weight excluding hydrogens is 499 g/mol. The number of nitrogens with zero attached hydrogens (tertiary/aromatic N) is 3. The SMILES string of the molecule is CC[C@@H]1C[C@H](N(Cc2cc(Cl)cc(C(F)(F)F)c2)c2nc(CO)co2)C[C@H](CC)N1C(=O)OC(C)C. The van der Waals surface area contributed by atoms with Crippen LogP contribution in [-0.4, -0.2) is 45.3 Å². The van der Waals surface area contributed by atoms with E-state index in [1.807, 2.05) is 13.8 Å². The number of halogens is 4. The lowest BCUT2D eigenvalue weighted by molar-refractivity contribution is -0.137. The number of hydrogen-bond donors (Lipinski definition) is 1. The molecule has 1 fully saturated rings. The minimum Gasteiger partial charge on any atom is -0.447 e. The van der Waals surface area contributed by atoms with Crippen molar-refractivity contribution in [2.45, 2.75) is 96.9 Å². The summed E-state index contributed by atoms with van der Waals surface area (Å²) in [5.74, 6) is 0. The van der Waals surface area contributed by atoms with Crippen LogP contribution in [0.15, 0.2) is 28.9 Å². The maximum atomic E-state index is 13.4. The third-order valence-corrected chi connectivity index (χ3v) is 6.61. The maximum absolute atomic E-state index is 13.4. The van der Waals surface area contributed by atoms with E-state index in [1.54, 1.807) is 23.6 Å². The lowest BCUT2D eigenvalue weighted by Crippen LogP contribution is -2.57. The Kier molecular flexibility index (Phi) is 9.16. The first-order chi connectivity index (χ1) is 17.0. The van der Waals surface area contributed by atoms with Crippen LogP contribution in [0.1, 0.15) is 70.2 Å². The molecule has 11 heteroatoms. The fraction of sp³-hybridized carbons (Fsp3) is 0.600. The number of amides is 1. The smallest absolute Gasteiger partial charge is 0.416 e. The van der Waals surface area contributed by atoms with Gasteiger partial charge in [0.25, 0.3) is 6.01 Å². The highest BCUT2D eigenvalue weighted by molar-refractivity contribution is 6.30. The number of aromatic nitrogens is 1.